The summed E-state index contributed by atoms with van der Waals surface area (Å²) < 4.78 is 0. The van der Waals surface area contributed by atoms with E-state index in [4.69, 9.17) is 0 Å². The van der Waals surface area contributed by atoms with Gasteiger partial charge in [0.25, 0.3) is 0 Å². The highest BCUT2D eigenvalue weighted by atomic mass is 16.2. The normalized spacial score (nSPS) is 16.7. The van der Waals surface area contributed by atoms with Crippen LogP contribution in [0.1, 0.15) is 17.2 Å². The molecule has 0 aromatic heterocycles. The SMILES string of the molecule is O=C(NCc1ccccc1)[C@@H](c1ccccc1)N1CCNCC1. The van der Waals surface area contributed by atoms with Gasteiger partial charge in [-0.2, -0.15) is 0 Å². The molecule has 0 radical (unpaired) electrons. The Morgan fingerprint density at radius 1 is 1.00 bits per heavy atom. The number of rotatable bonds is 5. The topological polar surface area (TPSA) is 44.4 Å². The van der Waals surface area contributed by atoms with Crippen molar-refractivity contribution in [2.45, 2.75) is 12.6 Å². The van der Waals surface area contributed by atoms with E-state index in [2.05, 4.69) is 15.5 Å². The number of benzene rings is 2. The summed E-state index contributed by atoms with van der Waals surface area (Å²) in [5, 5.41) is 6.44. The van der Waals surface area contributed by atoms with E-state index in [0.29, 0.717) is 6.54 Å². The van der Waals surface area contributed by atoms with Crippen LogP contribution in [0.15, 0.2) is 60.7 Å². The Labute approximate surface area is 137 Å². The van der Waals surface area contributed by atoms with Gasteiger partial charge in [0.2, 0.25) is 5.91 Å². The molecule has 1 amide bonds. The molecule has 4 heteroatoms. The van der Waals surface area contributed by atoms with E-state index in [1.165, 1.54) is 0 Å². The fraction of sp³-hybridized carbons (Fsp3) is 0.316. The number of hydrogen-bond acceptors (Lipinski definition) is 3. The Balaban J connectivity index is 1.73. The van der Waals surface area contributed by atoms with Crippen molar-refractivity contribution in [3.05, 3.63) is 71.8 Å². The molecule has 2 aromatic rings. The monoisotopic (exact) mass is 309 g/mol. The second-order valence-corrected chi connectivity index (χ2v) is 5.80. The lowest BCUT2D eigenvalue weighted by Gasteiger charge is -2.34. The molecule has 1 aliphatic heterocycles. The zero-order valence-electron chi connectivity index (χ0n) is 13.2. The maximum atomic E-state index is 12.8. The Bertz CT molecular complexity index is 609. The number of hydrogen-bond donors (Lipinski definition) is 2. The van der Waals surface area contributed by atoms with E-state index in [0.717, 1.165) is 37.3 Å². The number of nitrogens with one attached hydrogen (secondary N) is 2. The summed E-state index contributed by atoms with van der Waals surface area (Å²) in [6.07, 6.45) is 0. The molecule has 1 heterocycles. The first-order valence-electron chi connectivity index (χ1n) is 8.16. The van der Waals surface area contributed by atoms with Crippen molar-refractivity contribution < 1.29 is 4.79 Å². The van der Waals surface area contributed by atoms with Gasteiger partial charge in [-0.3, -0.25) is 9.69 Å². The van der Waals surface area contributed by atoms with Crippen LogP contribution in [0.3, 0.4) is 0 Å². The summed E-state index contributed by atoms with van der Waals surface area (Å²) in [6, 6.07) is 19.9. The highest BCUT2D eigenvalue weighted by Gasteiger charge is 2.28. The molecule has 23 heavy (non-hydrogen) atoms. The summed E-state index contributed by atoms with van der Waals surface area (Å²) >= 11 is 0. The average Bonchev–Trinajstić information content (AvgIpc) is 2.63. The van der Waals surface area contributed by atoms with Crippen LogP contribution >= 0.6 is 0 Å². The van der Waals surface area contributed by atoms with Gasteiger partial charge < -0.3 is 10.6 Å². The van der Waals surface area contributed by atoms with E-state index in [1.54, 1.807) is 0 Å². The molecule has 2 N–H and O–H groups in total. The molecular weight excluding hydrogens is 286 g/mol. The van der Waals surface area contributed by atoms with Crippen LogP contribution in [0.25, 0.3) is 0 Å². The molecule has 0 bridgehead atoms. The van der Waals surface area contributed by atoms with Gasteiger partial charge in [0.05, 0.1) is 0 Å². The van der Waals surface area contributed by atoms with Gasteiger partial charge in [-0.25, -0.2) is 0 Å². The van der Waals surface area contributed by atoms with Crippen LogP contribution in [0.4, 0.5) is 0 Å². The Hall–Kier alpha value is -2.17. The summed E-state index contributed by atoms with van der Waals surface area (Å²) in [4.78, 5) is 15.1. The van der Waals surface area contributed by atoms with E-state index in [9.17, 15) is 4.79 Å². The van der Waals surface area contributed by atoms with E-state index < -0.39 is 0 Å². The molecule has 0 spiro atoms. The first kappa shape index (κ1) is 15.7. The number of piperazine rings is 1. The Morgan fingerprint density at radius 3 is 2.26 bits per heavy atom. The number of nitrogens with zero attached hydrogens (tertiary/aromatic N) is 1. The zero-order valence-corrected chi connectivity index (χ0v) is 13.2. The first-order valence-corrected chi connectivity index (χ1v) is 8.16. The third-order valence-corrected chi connectivity index (χ3v) is 4.19. The summed E-state index contributed by atoms with van der Waals surface area (Å²) in [5.74, 6) is 0.0713. The van der Waals surface area contributed by atoms with Crippen molar-refractivity contribution in [3.63, 3.8) is 0 Å². The van der Waals surface area contributed by atoms with Gasteiger partial charge in [0, 0.05) is 32.7 Å². The van der Waals surface area contributed by atoms with Crippen LogP contribution in [-0.4, -0.2) is 37.0 Å². The largest absolute Gasteiger partial charge is 0.350 e. The fourth-order valence-corrected chi connectivity index (χ4v) is 2.99. The third kappa shape index (κ3) is 4.18. The van der Waals surface area contributed by atoms with Crippen LogP contribution in [0.5, 0.6) is 0 Å². The minimum atomic E-state index is -0.220. The molecule has 1 fully saturated rings. The summed E-state index contributed by atoms with van der Waals surface area (Å²) in [6.45, 7) is 4.19. The molecule has 0 aliphatic carbocycles. The molecule has 1 atom stereocenters. The highest BCUT2D eigenvalue weighted by molar-refractivity contribution is 5.83. The average molecular weight is 309 g/mol. The van der Waals surface area contributed by atoms with Crippen molar-refractivity contribution in [2.24, 2.45) is 0 Å². The quantitative estimate of drug-likeness (QED) is 0.887. The molecular formula is C19H23N3O. The van der Waals surface area contributed by atoms with Crippen molar-refractivity contribution in [2.75, 3.05) is 26.2 Å². The van der Waals surface area contributed by atoms with E-state index in [-0.39, 0.29) is 11.9 Å². The minimum absolute atomic E-state index is 0.0713. The summed E-state index contributed by atoms with van der Waals surface area (Å²) in [5.41, 5.74) is 2.17. The van der Waals surface area contributed by atoms with Gasteiger partial charge in [0.15, 0.2) is 0 Å². The van der Waals surface area contributed by atoms with Crippen molar-refractivity contribution >= 4 is 5.91 Å². The van der Waals surface area contributed by atoms with E-state index >= 15 is 0 Å². The summed E-state index contributed by atoms with van der Waals surface area (Å²) in [7, 11) is 0. The van der Waals surface area contributed by atoms with Crippen molar-refractivity contribution in [3.8, 4) is 0 Å². The van der Waals surface area contributed by atoms with Gasteiger partial charge in [-0.15, -0.1) is 0 Å². The minimum Gasteiger partial charge on any atom is -0.350 e. The van der Waals surface area contributed by atoms with Crippen molar-refractivity contribution in [1.82, 2.24) is 15.5 Å². The highest BCUT2D eigenvalue weighted by Crippen LogP contribution is 2.21. The molecule has 1 saturated heterocycles. The number of carbonyl (C=O) groups is 1. The molecule has 1 aliphatic rings. The van der Waals surface area contributed by atoms with Crippen molar-refractivity contribution in [1.29, 1.82) is 0 Å². The number of carbonyl (C=O) groups excluding carboxylic acids is 1. The van der Waals surface area contributed by atoms with Crippen LogP contribution in [0, 0.1) is 0 Å². The lowest BCUT2D eigenvalue weighted by atomic mass is 10.0. The van der Waals surface area contributed by atoms with Gasteiger partial charge >= 0.3 is 0 Å². The molecule has 0 saturated carbocycles. The van der Waals surface area contributed by atoms with E-state index in [1.807, 2.05) is 60.7 Å². The Morgan fingerprint density at radius 2 is 1.61 bits per heavy atom. The van der Waals surface area contributed by atoms with Gasteiger partial charge in [-0.1, -0.05) is 60.7 Å². The molecule has 4 nitrogen and oxygen atoms in total. The second kappa shape index (κ2) is 7.90. The fourth-order valence-electron chi connectivity index (χ4n) is 2.99. The maximum absolute atomic E-state index is 12.8. The molecule has 120 valence electrons. The van der Waals surface area contributed by atoms with Gasteiger partial charge in [-0.05, 0) is 11.1 Å². The predicted octanol–water partition coefficient (Wildman–Crippen LogP) is 1.95. The lowest BCUT2D eigenvalue weighted by Crippen LogP contribution is -2.49. The van der Waals surface area contributed by atoms with Crippen LogP contribution < -0.4 is 10.6 Å². The molecule has 0 unspecified atom stereocenters. The molecule has 3 rings (SSSR count). The smallest absolute Gasteiger partial charge is 0.242 e. The predicted molar refractivity (Wildman–Crippen MR) is 91.9 cm³/mol. The third-order valence-electron chi connectivity index (χ3n) is 4.19. The first-order chi connectivity index (χ1) is 11.3. The number of amides is 1. The lowest BCUT2D eigenvalue weighted by molar-refractivity contribution is -0.127. The Kier molecular flexibility index (Phi) is 5.40. The van der Waals surface area contributed by atoms with Crippen LogP contribution in [0.2, 0.25) is 0 Å². The van der Waals surface area contributed by atoms with Crippen LogP contribution in [-0.2, 0) is 11.3 Å². The standard InChI is InChI=1S/C19H23N3O/c23-19(21-15-16-7-3-1-4-8-16)18(17-9-5-2-6-10-17)22-13-11-20-12-14-22/h1-10,18,20H,11-15H2,(H,21,23)/t18-/m1/s1. The zero-order chi connectivity index (χ0) is 15.9. The molecule has 2 aromatic carbocycles. The van der Waals surface area contributed by atoms with Gasteiger partial charge in [0.1, 0.15) is 6.04 Å². The maximum Gasteiger partial charge on any atom is 0.242 e. The second-order valence-electron chi connectivity index (χ2n) is 5.80.